The molecule has 0 spiro atoms. The summed E-state index contributed by atoms with van der Waals surface area (Å²) in [4.78, 5) is 0. The van der Waals surface area contributed by atoms with Crippen molar-refractivity contribution in [3.63, 3.8) is 0 Å². The van der Waals surface area contributed by atoms with Gasteiger partial charge in [0.05, 0.1) is 18.8 Å². The third-order valence-corrected chi connectivity index (χ3v) is 3.20. The summed E-state index contributed by atoms with van der Waals surface area (Å²) in [7, 11) is -0.437. The number of aliphatic hydroxyl groups is 3. The molecule has 6 nitrogen and oxygen atoms in total. The van der Waals surface area contributed by atoms with Crippen LogP contribution in [0.5, 0.6) is 0 Å². The van der Waals surface area contributed by atoms with Crippen LogP contribution in [0.4, 0.5) is 0 Å². The van der Waals surface area contributed by atoms with Gasteiger partial charge in [-0.1, -0.05) is 12.2 Å². The fourth-order valence-electron chi connectivity index (χ4n) is 1.10. The van der Waals surface area contributed by atoms with Crippen molar-refractivity contribution < 1.29 is 28.3 Å². The van der Waals surface area contributed by atoms with Crippen LogP contribution >= 0.6 is 0 Å². The van der Waals surface area contributed by atoms with Gasteiger partial charge in [0.15, 0.2) is 0 Å². The predicted molar refractivity (Wildman–Crippen MR) is 56.3 cm³/mol. The van der Waals surface area contributed by atoms with Crippen LogP contribution in [0.3, 0.4) is 0 Å². The molecule has 1 saturated heterocycles. The lowest BCUT2D eigenvalue weighted by Crippen LogP contribution is -2.44. The minimum absolute atomic E-state index is 0.0488. The molecule has 0 aliphatic carbocycles. The normalized spacial score (nSPS) is 32.0. The summed E-state index contributed by atoms with van der Waals surface area (Å²) in [5, 5.41) is 28.4. The molecule has 90 valence electrons. The van der Waals surface area contributed by atoms with E-state index < -0.39 is 24.4 Å². The first kappa shape index (κ1) is 14.0. The van der Waals surface area contributed by atoms with Crippen molar-refractivity contribution in [3.8, 4) is 0 Å². The molecule has 1 aliphatic heterocycles. The van der Waals surface area contributed by atoms with Crippen molar-refractivity contribution in [2.24, 2.45) is 0 Å². The zero-order chi connectivity index (χ0) is 12.0. The summed E-state index contributed by atoms with van der Waals surface area (Å²) in [6.07, 6.45) is -0.586. The molecular weight excluding hydrogens is 248 g/mol. The molecule has 8 heteroatoms. The maximum Gasteiger partial charge on any atom is 0.423 e. The Balaban J connectivity index is 2.52. The molecule has 0 aromatic heterocycles. The Labute approximate surface area is 99.0 Å². The van der Waals surface area contributed by atoms with Crippen molar-refractivity contribution in [2.75, 3.05) is 6.61 Å². The first-order valence-electron chi connectivity index (χ1n) is 4.77. The summed E-state index contributed by atoms with van der Waals surface area (Å²) in [5.74, 6) is 0. The van der Waals surface area contributed by atoms with E-state index in [9.17, 15) is 10.2 Å². The second-order valence-corrected chi connectivity index (χ2v) is 5.02. The largest absolute Gasteiger partial charge is 0.423 e. The van der Waals surface area contributed by atoms with Gasteiger partial charge in [-0.25, -0.2) is 0 Å². The Morgan fingerprint density at radius 3 is 2.75 bits per heavy atom. The van der Waals surface area contributed by atoms with Gasteiger partial charge in [-0.3, -0.25) is 0 Å². The van der Waals surface area contributed by atoms with E-state index in [0.717, 1.165) is 0 Å². The van der Waals surface area contributed by atoms with Crippen molar-refractivity contribution in [2.45, 2.75) is 31.3 Å². The van der Waals surface area contributed by atoms with Crippen molar-refractivity contribution in [1.82, 2.24) is 0 Å². The average Bonchev–Trinajstić information content (AvgIpc) is 2.20. The minimum Gasteiger partial charge on any atom is -0.411 e. The van der Waals surface area contributed by atoms with Crippen LogP contribution in [-0.4, -0.2) is 66.4 Å². The molecule has 3 N–H and O–H groups in total. The molecule has 16 heavy (non-hydrogen) atoms. The molecule has 0 aromatic rings. The molecule has 1 fully saturated rings. The Bertz CT molecular complexity index is 225. The van der Waals surface area contributed by atoms with Gasteiger partial charge in [-0.05, 0) is 6.92 Å². The molecule has 1 rings (SSSR count). The third-order valence-electron chi connectivity index (χ3n) is 1.88. The minimum atomic E-state index is -1.01. The molecule has 0 aromatic carbocycles. The van der Waals surface area contributed by atoms with E-state index in [4.69, 9.17) is 18.1 Å². The predicted octanol–water partition coefficient (Wildman–Crippen LogP) is -1.85. The first-order chi connectivity index (χ1) is 7.61. The zero-order valence-electron chi connectivity index (χ0n) is 8.74. The van der Waals surface area contributed by atoms with Gasteiger partial charge >= 0.3 is 20.0 Å². The summed E-state index contributed by atoms with van der Waals surface area (Å²) in [6, 6.07) is 0. The maximum absolute atomic E-state index is 9.72. The molecule has 0 amide bonds. The number of aliphatic hydroxyl groups excluding tert-OH is 3. The lowest BCUT2D eigenvalue weighted by atomic mass is 10.1. The van der Waals surface area contributed by atoms with E-state index in [1.54, 1.807) is 6.92 Å². The highest BCUT2D eigenvalue weighted by atomic mass is 28.3. The van der Waals surface area contributed by atoms with Crippen LogP contribution in [-0.2, 0) is 13.0 Å². The van der Waals surface area contributed by atoms with Crippen LogP contribution < -0.4 is 0 Å². The van der Waals surface area contributed by atoms with Crippen LogP contribution in [0.2, 0.25) is 0 Å². The van der Waals surface area contributed by atoms with Gasteiger partial charge in [0.1, 0.15) is 12.2 Å². The first-order valence-corrected chi connectivity index (χ1v) is 6.40. The number of hydrogen-bond donors (Lipinski definition) is 3. The quantitative estimate of drug-likeness (QED) is 0.409. The van der Waals surface area contributed by atoms with Crippen molar-refractivity contribution in [3.05, 3.63) is 12.2 Å². The summed E-state index contributed by atoms with van der Waals surface area (Å²) >= 11 is 0. The number of rotatable bonds is 3. The molecule has 0 bridgehead atoms. The Morgan fingerprint density at radius 1 is 1.31 bits per heavy atom. The van der Waals surface area contributed by atoms with Crippen molar-refractivity contribution >= 4 is 20.0 Å². The Kier molecular flexibility index (Phi) is 6.38. The smallest absolute Gasteiger partial charge is 0.411 e. The van der Waals surface area contributed by atoms with Gasteiger partial charge in [0, 0.05) is 0 Å². The van der Waals surface area contributed by atoms with E-state index in [1.165, 1.54) is 12.2 Å². The zero-order valence-corrected chi connectivity index (χ0v) is 10.7. The van der Waals surface area contributed by atoms with E-state index in [2.05, 4.69) is 0 Å². The van der Waals surface area contributed by atoms with E-state index >= 15 is 0 Å². The SMILES string of the molecule is C[C@@H](O)C=C[C@@H](O)C1O[Si]O[Si]OCC1O. The van der Waals surface area contributed by atoms with E-state index in [1.807, 2.05) is 0 Å². The van der Waals surface area contributed by atoms with Gasteiger partial charge in [0.2, 0.25) is 0 Å². The monoisotopic (exact) mass is 262 g/mol. The Morgan fingerprint density at radius 2 is 2.06 bits per heavy atom. The maximum atomic E-state index is 9.72. The fraction of sp³-hybridized carbons (Fsp3) is 0.750. The van der Waals surface area contributed by atoms with Gasteiger partial charge in [0.25, 0.3) is 0 Å². The van der Waals surface area contributed by atoms with E-state index in [-0.39, 0.29) is 26.6 Å². The highest BCUT2D eigenvalue weighted by Crippen LogP contribution is 2.09. The molecule has 4 atom stereocenters. The van der Waals surface area contributed by atoms with Crippen molar-refractivity contribution in [1.29, 1.82) is 0 Å². The second-order valence-electron chi connectivity index (χ2n) is 3.35. The summed E-state index contributed by atoms with van der Waals surface area (Å²) in [5.41, 5.74) is 0. The van der Waals surface area contributed by atoms with E-state index in [0.29, 0.717) is 0 Å². The van der Waals surface area contributed by atoms with Gasteiger partial charge in [-0.2, -0.15) is 0 Å². The van der Waals surface area contributed by atoms with Crippen LogP contribution in [0.25, 0.3) is 0 Å². The van der Waals surface area contributed by atoms with Crippen LogP contribution in [0.15, 0.2) is 12.2 Å². The summed E-state index contributed by atoms with van der Waals surface area (Å²) in [6.45, 7) is 1.61. The van der Waals surface area contributed by atoms with Gasteiger partial charge in [-0.15, -0.1) is 0 Å². The third kappa shape index (κ3) is 4.84. The highest BCUT2D eigenvalue weighted by molar-refractivity contribution is 6.34. The standard InChI is InChI=1S/C8H14O6Si2/c1-5(9)2-3-6(10)8-7(11)4-12-15-14-16-13-8/h2-3,5-11H,4H2,1H3/t5-,6-,7?,8?/m1/s1. The molecule has 1 aliphatic rings. The molecule has 1 heterocycles. The lowest BCUT2D eigenvalue weighted by Gasteiger charge is -2.27. The Hall–Kier alpha value is -0.0662. The molecule has 0 saturated carbocycles. The van der Waals surface area contributed by atoms with Crippen LogP contribution in [0.1, 0.15) is 6.92 Å². The highest BCUT2D eigenvalue weighted by Gasteiger charge is 2.28. The van der Waals surface area contributed by atoms with Gasteiger partial charge < -0.3 is 28.3 Å². The van der Waals surface area contributed by atoms with Crippen LogP contribution in [0, 0.1) is 0 Å². The second kappa shape index (κ2) is 7.30. The molecular formula is C8H14O6Si2. The number of hydrogen-bond acceptors (Lipinski definition) is 6. The molecule has 2 unspecified atom stereocenters. The lowest BCUT2D eigenvalue weighted by molar-refractivity contribution is -0.0559. The summed E-state index contributed by atoms with van der Waals surface area (Å²) < 4.78 is 15.1. The average molecular weight is 262 g/mol. The molecule has 4 radical (unpaired) electrons. The topological polar surface area (TPSA) is 88.4 Å². The fourth-order valence-corrected chi connectivity index (χ4v) is 2.31.